The molecule has 104 valence electrons. The lowest BCUT2D eigenvalue weighted by molar-refractivity contribution is -0.149. The third-order valence-electron chi connectivity index (χ3n) is 4.34. The molecule has 3 rings (SSSR count). The van der Waals surface area contributed by atoms with E-state index >= 15 is 0 Å². The van der Waals surface area contributed by atoms with Gasteiger partial charge in [-0.2, -0.15) is 0 Å². The summed E-state index contributed by atoms with van der Waals surface area (Å²) in [6, 6.07) is 6.52. The highest BCUT2D eigenvalue weighted by Crippen LogP contribution is 2.37. The van der Waals surface area contributed by atoms with Crippen molar-refractivity contribution in [2.45, 2.75) is 12.5 Å². The molecule has 0 spiro atoms. The van der Waals surface area contributed by atoms with E-state index in [1.807, 2.05) is 0 Å². The second kappa shape index (κ2) is 5.12. The van der Waals surface area contributed by atoms with Crippen LogP contribution in [0.1, 0.15) is 11.1 Å². The van der Waals surface area contributed by atoms with Gasteiger partial charge in [0.2, 0.25) is 0 Å². The van der Waals surface area contributed by atoms with Crippen molar-refractivity contribution in [1.82, 2.24) is 10.2 Å². The van der Waals surface area contributed by atoms with Gasteiger partial charge in [0.05, 0.1) is 25.9 Å². The van der Waals surface area contributed by atoms with Crippen LogP contribution in [0.15, 0.2) is 18.2 Å². The van der Waals surface area contributed by atoms with Crippen LogP contribution in [0.3, 0.4) is 0 Å². The first-order chi connectivity index (χ1) is 9.26. The maximum Gasteiger partial charge on any atom is 0.121 e. The number of nitrogens with one attached hydrogen (secondary N) is 1. The second-order valence-corrected chi connectivity index (χ2v) is 5.45. The molecule has 19 heavy (non-hydrogen) atoms. The van der Waals surface area contributed by atoms with Crippen LogP contribution < -0.4 is 10.1 Å². The number of methoxy groups -OCH3 is 1. The molecule has 0 bridgehead atoms. The van der Waals surface area contributed by atoms with E-state index in [0.717, 1.165) is 45.1 Å². The van der Waals surface area contributed by atoms with Gasteiger partial charge in [-0.05, 0) is 24.1 Å². The van der Waals surface area contributed by atoms with Crippen LogP contribution in [0.25, 0.3) is 0 Å². The molecule has 0 aliphatic carbocycles. The third-order valence-corrected chi connectivity index (χ3v) is 4.34. The third kappa shape index (κ3) is 2.14. The first kappa shape index (κ1) is 12.9. The molecule has 0 radical (unpaired) electrons. The van der Waals surface area contributed by atoms with Crippen LogP contribution in [0.4, 0.5) is 0 Å². The average Bonchev–Trinajstić information content (AvgIpc) is 2.39. The number of aryl methyl sites for hydroxylation is 1. The van der Waals surface area contributed by atoms with Crippen molar-refractivity contribution >= 4 is 0 Å². The number of ether oxygens (including phenoxy) is 2. The normalized spacial score (nSPS) is 22.8. The Kier molecular flexibility index (Phi) is 3.48. The number of nitrogens with zero attached hydrogens (tertiary/aromatic N) is 1. The van der Waals surface area contributed by atoms with Crippen molar-refractivity contribution in [3.63, 3.8) is 0 Å². The van der Waals surface area contributed by atoms with E-state index in [0.29, 0.717) is 0 Å². The summed E-state index contributed by atoms with van der Waals surface area (Å²) in [5, 5.41) is 3.41. The topological polar surface area (TPSA) is 33.7 Å². The molecule has 2 heterocycles. The van der Waals surface area contributed by atoms with Crippen LogP contribution in [-0.2, 0) is 10.3 Å². The second-order valence-electron chi connectivity index (χ2n) is 5.45. The monoisotopic (exact) mass is 262 g/mol. The molecule has 1 N–H and O–H groups in total. The first-order valence-electron chi connectivity index (χ1n) is 6.95. The summed E-state index contributed by atoms with van der Waals surface area (Å²) in [5.74, 6) is 0.958. The molecule has 2 saturated heterocycles. The summed E-state index contributed by atoms with van der Waals surface area (Å²) in [6.45, 7) is 8.03. The molecule has 2 fully saturated rings. The Morgan fingerprint density at radius 2 is 2.00 bits per heavy atom. The van der Waals surface area contributed by atoms with Gasteiger partial charge < -0.3 is 14.8 Å². The quantitative estimate of drug-likeness (QED) is 0.885. The Balaban J connectivity index is 1.90. The van der Waals surface area contributed by atoms with Crippen LogP contribution in [0.2, 0.25) is 0 Å². The highest BCUT2D eigenvalue weighted by molar-refractivity contribution is 5.40. The van der Waals surface area contributed by atoms with Crippen LogP contribution in [-0.4, -0.2) is 51.4 Å². The average molecular weight is 262 g/mol. The SMILES string of the molecule is COc1ccc(C2(N3CCNCC3)COC2)cc1C. The van der Waals surface area contributed by atoms with Crippen molar-refractivity contribution in [3.8, 4) is 5.75 Å². The fourth-order valence-corrected chi connectivity index (χ4v) is 3.09. The zero-order chi connectivity index (χ0) is 13.3. The number of hydrogen-bond donors (Lipinski definition) is 1. The summed E-state index contributed by atoms with van der Waals surface area (Å²) in [7, 11) is 1.72. The summed E-state index contributed by atoms with van der Waals surface area (Å²) < 4.78 is 10.9. The van der Waals surface area contributed by atoms with Gasteiger partial charge in [0.15, 0.2) is 0 Å². The molecule has 2 aliphatic heterocycles. The van der Waals surface area contributed by atoms with E-state index in [-0.39, 0.29) is 5.54 Å². The Morgan fingerprint density at radius 1 is 1.26 bits per heavy atom. The number of hydrogen-bond acceptors (Lipinski definition) is 4. The Labute approximate surface area is 114 Å². The number of benzene rings is 1. The number of rotatable bonds is 3. The molecule has 0 atom stereocenters. The van der Waals surface area contributed by atoms with E-state index in [4.69, 9.17) is 9.47 Å². The highest BCUT2D eigenvalue weighted by atomic mass is 16.5. The zero-order valence-corrected chi connectivity index (χ0v) is 11.7. The van der Waals surface area contributed by atoms with Crippen molar-refractivity contribution in [3.05, 3.63) is 29.3 Å². The molecule has 2 aliphatic rings. The van der Waals surface area contributed by atoms with Gasteiger partial charge in [-0.15, -0.1) is 0 Å². The molecule has 0 unspecified atom stereocenters. The van der Waals surface area contributed by atoms with E-state index in [1.54, 1.807) is 7.11 Å². The van der Waals surface area contributed by atoms with Gasteiger partial charge in [-0.25, -0.2) is 0 Å². The Hall–Kier alpha value is -1.10. The molecule has 0 saturated carbocycles. The lowest BCUT2D eigenvalue weighted by Crippen LogP contribution is -2.63. The van der Waals surface area contributed by atoms with Crippen LogP contribution >= 0.6 is 0 Å². The Morgan fingerprint density at radius 3 is 2.53 bits per heavy atom. The smallest absolute Gasteiger partial charge is 0.121 e. The minimum Gasteiger partial charge on any atom is -0.496 e. The standard InChI is InChI=1S/C15H22N2O2/c1-12-9-13(3-4-14(12)18-2)15(10-19-11-15)17-7-5-16-6-8-17/h3-4,9,16H,5-8,10-11H2,1-2H3. The van der Waals surface area contributed by atoms with Gasteiger partial charge in [0, 0.05) is 26.2 Å². The molecular weight excluding hydrogens is 240 g/mol. The summed E-state index contributed by atoms with van der Waals surface area (Å²) >= 11 is 0. The first-order valence-corrected chi connectivity index (χ1v) is 6.95. The van der Waals surface area contributed by atoms with Gasteiger partial charge in [-0.1, -0.05) is 12.1 Å². The van der Waals surface area contributed by atoms with Crippen LogP contribution in [0, 0.1) is 6.92 Å². The zero-order valence-electron chi connectivity index (χ0n) is 11.7. The molecule has 4 nitrogen and oxygen atoms in total. The summed E-state index contributed by atoms with van der Waals surface area (Å²) in [5.41, 5.74) is 2.64. The molecule has 0 aromatic heterocycles. The summed E-state index contributed by atoms with van der Waals surface area (Å²) in [6.07, 6.45) is 0. The van der Waals surface area contributed by atoms with Crippen molar-refractivity contribution in [1.29, 1.82) is 0 Å². The lowest BCUT2D eigenvalue weighted by Gasteiger charge is -2.51. The van der Waals surface area contributed by atoms with Gasteiger partial charge >= 0.3 is 0 Å². The molecular formula is C15H22N2O2. The molecule has 4 heteroatoms. The predicted molar refractivity (Wildman–Crippen MR) is 74.7 cm³/mol. The summed E-state index contributed by atoms with van der Waals surface area (Å²) in [4.78, 5) is 2.56. The Bertz CT molecular complexity index is 451. The van der Waals surface area contributed by atoms with Gasteiger partial charge in [0.25, 0.3) is 0 Å². The minimum absolute atomic E-state index is 0.0825. The van der Waals surface area contributed by atoms with E-state index < -0.39 is 0 Å². The largest absolute Gasteiger partial charge is 0.496 e. The van der Waals surface area contributed by atoms with E-state index in [1.165, 1.54) is 11.1 Å². The fraction of sp³-hybridized carbons (Fsp3) is 0.600. The maximum atomic E-state index is 5.55. The molecule has 1 aromatic rings. The highest BCUT2D eigenvalue weighted by Gasteiger charge is 2.45. The number of piperazine rings is 1. The van der Waals surface area contributed by atoms with Crippen molar-refractivity contribution in [2.24, 2.45) is 0 Å². The lowest BCUT2D eigenvalue weighted by atomic mass is 9.84. The van der Waals surface area contributed by atoms with Gasteiger partial charge in [-0.3, -0.25) is 4.90 Å². The molecule has 0 amide bonds. The maximum absolute atomic E-state index is 5.55. The van der Waals surface area contributed by atoms with Gasteiger partial charge in [0.1, 0.15) is 5.75 Å². The van der Waals surface area contributed by atoms with Crippen LogP contribution in [0.5, 0.6) is 5.75 Å². The van der Waals surface area contributed by atoms with Crippen molar-refractivity contribution < 1.29 is 9.47 Å². The fourth-order valence-electron chi connectivity index (χ4n) is 3.09. The minimum atomic E-state index is 0.0825. The van der Waals surface area contributed by atoms with E-state index in [2.05, 4.69) is 35.3 Å². The predicted octanol–water partition coefficient (Wildman–Crippen LogP) is 1.13. The molecule has 1 aromatic carbocycles. The van der Waals surface area contributed by atoms with E-state index in [9.17, 15) is 0 Å². The van der Waals surface area contributed by atoms with Crippen molar-refractivity contribution in [2.75, 3.05) is 46.5 Å².